The molecule has 1 heterocycles. The summed E-state index contributed by atoms with van der Waals surface area (Å²) in [5.41, 5.74) is -0.839. The molecule has 0 atom stereocenters. The Morgan fingerprint density at radius 1 is 1.03 bits per heavy atom. The average molecular weight is 445 g/mol. The number of nitrogen functional groups attached to an aromatic ring is 1. The number of ether oxygens (including phenoxy) is 1. The normalized spacial score (nSPS) is 10.9. The third-order valence-electron chi connectivity index (χ3n) is 3.82. The van der Waals surface area contributed by atoms with Gasteiger partial charge in [0, 0.05) is 5.56 Å². The maximum absolute atomic E-state index is 13.6. The summed E-state index contributed by atoms with van der Waals surface area (Å²) in [4.78, 5) is 11.9. The molecule has 0 aliphatic heterocycles. The highest BCUT2D eigenvalue weighted by Crippen LogP contribution is 2.28. The van der Waals surface area contributed by atoms with Gasteiger partial charge in [0.1, 0.15) is 11.4 Å². The van der Waals surface area contributed by atoms with Gasteiger partial charge in [-0.1, -0.05) is 11.8 Å². The Morgan fingerprint density at radius 2 is 1.60 bits per heavy atom. The first kappa shape index (κ1) is 21.4. The smallest absolute Gasteiger partial charge is 0.235 e. The molecule has 0 aliphatic carbocycles. The standard InChI is InChI=1S/C17H12F5N5O2S/c1-29-8-4-2-7(3-5-8)16-25-26-17(27(16)23)30-6-9(28)24-15-13(21)11(19)10(18)12(20)14(15)22/h2-5H,6,23H2,1H3,(H,24,28). The molecule has 1 amide bonds. The Labute approximate surface area is 170 Å². The number of hydrogen-bond acceptors (Lipinski definition) is 6. The number of hydrogen-bond donors (Lipinski definition) is 2. The molecular formula is C17H12F5N5O2S. The quantitative estimate of drug-likeness (QED) is 0.199. The maximum Gasteiger partial charge on any atom is 0.235 e. The molecule has 7 nitrogen and oxygen atoms in total. The van der Waals surface area contributed by atoms with Crippen LogP contribution in [0, 0.1) is 29.1 Å². The van der Waals surface area contributed by atoms with Crippen molar-refractivity contribution in [2.24, 2.45) is 0 Å². The maximum atomic E-state index is 13.6. The van der Waals surface area contributed by atoms with Gasteiger partial charge in [0.05, 0.1) is 12.9 Å². The molecule has 0 aliphatic rings. The second-order valence-electron chi connectivity index (χ2n) is 5.69. The van der Waals surface area contributed by atoms with Crippen molar-refractivity contribution in [3.63, 3.8) is 0 Å². The lowest BCUT2D eigenvalue weighted by Gasteiger charge is -2.09. The van der Waals surface area contributed by atoms with Crippen LogP contribution in [0.2, 0.25) is 0 Å². The molecule has 2 aromatic carbocycles. The van der Waals surface area contributed by atoms with Crippen LogP contribution in [-0.4, -0.2) is 33.6 Å². The number of carbonyl (C=O) groups is 1. The fraction of sp³-hybridized carbons (Fsp3) is 0.118. The number of thioether (sulfide) groups is 1. The van der Waals surface area contributed by atoms with E-state index in [0.717, 1.165) is 16.4 Å². The minimum Gasteiger partial charge on any atom is -0.497 e. The second kappa shape index (κ2) is 8.57. The molecule has 0 saturated carbocycles. The average Bonchev–Trinajstić information content (AvgIpc) is 3.12. The van der Waals surface area contributed by atoms with Crippen LogP contribution in [0.1, 0.15) is 0 Å². The Kier molecular flexibility index (Phi) is 6.10. The summed E-state index contributed by atoms with van der Waals surface area (Å²) in [6.07, 6.45) is 0. The SMILES string of the molecule is COc1ccc(-c2nnc(SCC(=O)Nc3c(F)c(F)c(F)c(F)c3F)n2N)cc1. The number of benzene rings is 2. The van der Waals surface area contributed by atoms with E-state index in [1.165, 1.54) is 7.11 Å². The van der Waals surface area contributed by atoms with Crippen LogP contribution in [0.3, 0.4) is 0 Å². The van der Waals surface area contributed by atoms with E-state index >= 15 is 0 Å². The number of anilines is 1. The van der Waals surface area contributed by atoms with Crippen molar-refractivity contribution in [2.75, 3.05) is 24.0 Å². The van der Waals surface area contributed by atoms with E-state index < -0.39 is 46.4 Å². The highest BCUT2D eigenvalue weighted by atomic mass is 32.2. The largest absolute Gasteiger partial charge is 0.497 e. The van der Waals surface area contributed by atoms with Gasteiger partial charge in [0.2, 0.25) is 16.9 Å². The number of carbonyl (C=O) groups excluding carboxylic acids is 1. The zero-order chi connectivity index (χ0) is 22.0. The first-order valence-electron chi connectivity index (χ1n) is 8.03. The fourth-order valence-corrected chi connectivity index (χ4v) is 2.99. The van der Waals surface area contributed by atoms with E-state index in [4.69, 9.17) is 10.6 Å². The van der Waals surface area contributed by atoms with Crippen LogP contribution in [0.15, 0.2) is 29.4 Å². The van der Waals surface area contributed by atoms with Crippen molar-refractivity contribution < 1.29 is 31.5 Å². The monoisotopic (exact) mass is 445 g/mol. The number of nitrogens with two attached hydrogens (primary N) is 1. The molecule has 0 fully saturated rings. The molecule has 0 bridgehead atoms. The second-order valence-corrected chi connectivity index (χ2v) is 6.63. The molecule has 30 heavy (non-hydrogen) atoms. The van der Waals surface area contributed by atoms with E-state index in [9.17, 15) is 26.7 Å². The highest BCUT2D eigenvalue weighted by Gasteiger charge is 2.27. The summed E-state index contributed by atoms with van der Waals surface area (Å²) in [5, 5.41) is 9.45. The number of aromatic nitrogens is 3. The molecule has 0 unspecified atom stereocenters. The number of rotatable bonds is 6. The third kappa shape index (κ3) is 4.01. The van der Waals surface area contributed by atoms with Crippen LogP contribution < -0.4 is 15.9 Å². The Bertz CT molecular complexity index is 1080. The molecule has 0 radical (unpaired) electrons. The zero-order valence-electron chi connectivity index (χ0n) is 15.1. The number of halogens is 5. The summed E-state index contributed by atoms with van der Waals surface area (Å²) in [6.45, 7) is 0. The molecule has 0 spiro atoms. The number of nitrogens with one attached hydrogen (secondary N) is 1. The van der Waals surface area contributed by atoms with Gasteiger partial charge in [-0.15, -0.1) is 10.2 Å². The van der Waals surface area contributed by atoms with E-state index in [2.05, 4.69) is 10.2 Å². The van der Waals surface area contributed by atoms with Gasteiger partial charge in [-0.25, -0.2) is 26.6 Å². The van der Waals surface area contributed by atoms with Crippen molar-refractivity contribution in [1.29, 1.82) is 0 Å². The van der Waals surface area contributed by atoms with Gasteiger partial charge in [-0.3, -0.25) is 4.79 Å². The Balaban J connectivity index is 1.71. The van der Waals surface area contributed by atoms with Gasteiger partial charge in [0.25, 0.3) is 0 Å². The van der Waals surface area contributed by atoms with Crippen molar-refractivity contribution in [3.8, 4) is 17.1 Å². The Hall–Kier alpha value is -3.35. The predicted octanol–water partition coefficient (Wildman–Crippen LogP) is 3.09. The van der Waals surface area contributed by atoms with E-state index in [0.29, 0.717) is 11.3 Å². The van der Waals surface area contributed by atoms with Crippen LogP contribution in [0.5, 0.6) is 5.75 Å². The molecule has 3 N–H and O–H groups in total. The molecule has 13 heteroatoms. The summed E-state index contributed by atoms with van der Waals surface area (Å²) in [5.74, 6) is -5.70. The third-order valence-corrected chi connectivity index (χ3v) is 4.76. The van der Waals surface area contributed by atoms with E-state index in [1.54, 1.807) is 29.6 Å². The number of methoxy groups -OCH3 is 1. The van der Waals surface area contributed by atoms with Crippen LogP contribution in [0.4, 0.5) is 27.6 Å². The van der Waals surface area contributed by atoms with Gasteiger partial charge < -0.3 is 15.9 Å². The van der Waals surface area contributed by atoms with Crippen LogP contribution in [0.25, 0.3) is 11.4 Å². The van der Waals surface area contributed by atoms with E-state index in [1.807, 2.05) is 0 Å². The van der Waals surface area contributed by atoms with Crippen molar-refractivity contribution in [2.45, 2.75) is 5.16 Å². The van der Waals surface area contributed by atoms with Gasteiger partial charge >= 0.3 is 0 Å². The van der Waals surface area contributed by atoms with Crippen molar-refractivity contribution >= 4 is 23.4 Å². The van der Waals surface area contributed by atoms with Crippen LogP contribution >= 0.6 is 11.8 Å². The fourth-order valence-electron chi connectivity index (χ4n) is 2.33. The number of amides is 1. The summed E-state index contributed by atoms with van der Waals surface area (Å²) >= 11 is 0.742. The lowest BCUT2D eigenvalue weighted by Crippen LogP contribution is -2.19. The van der Waals surface area contributed by atoms with E-state index in [-0.39, 0.29) is 11.0 Å². The topological polar surface area (TPSA) is 95.1 Å². The lowest BCUT2D eigenvalue weighted by atomic mass is 10.2. The van der Waals surface area contributed by atoms with Gasteiger partial charge in [-0.05, 0) is 24.3 Å². The molecule has 1 aromatic heterocycles. The molecule has 158 valence electrons. The van der Waals surface area contributed by atoms with Crippen molar-refractivity contribution in [3.05, 3.63) is 53.4 Å². The summed E-state index contributed by atoms with van der Waals surface area (Å²) < 4.78 is 72.9. The molecular weight excluding hydrogens is 433 g/mol. The summed E-state index contributed by atoms with van der Waals surface area (Å²) in [7, 11) is 1.51. The highest BCUT2D eigenvalue weighted by molar-refractivity contribution is 7.99. The lowest BCUT2D eigenvalue weighted by molar-refractivity contribution is -0.113. The molecule has 0 saturated heterocycles. The van der Waals surface area contributed by atoms with Gasteiger partial charge in [0.15, 0.2) is 29.1 Å². The number of nitrogens with zero attached hydrogens (tertiary/aromatic N) is 3. The minimum atomic E-state index is -2.32. The van der Waals surface area contributed by atoms with Crippen molar-refractivity contribution in [1.82, 2.24) is 14.9 Å². The summed E-state index contributed by atoms with van der Waals surface area (Å²) in [6, 6.07) is 6.70. The molecule has 3 rings (SSSR count). The Morgan fingerprint density at radius 3 is 2.17 bits per heavy atom. The van der Waals surface area contributed by atoms with Gasteiger partial charge in [-0.2, -0.15) is 0 Å². The van der Waals surface area contributed by atoms with Crippen LogP contribution in [-0.2, 0) is 4.79 Å². The first-order valence-corrected chi connectivity index (χ1v) is 9.02. The zero-order valence-corrected chi connectivity index (χ0v) is 15.9. The minimum absolute atomic E-state index is 0.0772. The predicted molar refractivity (Wildman–Crippen MR) is 97.7 cm³/mol. The first-order chi connectivity index (χ1) is 14.2. The molecule has 3 aromatic rings.